The van der Waals surface area contributed by atoms with E-state index in [2.05, 4.69) is 20.6 Å². The molecule has 2 aromatic rings. The van der Waals surface area contributed by atoms with Crippen LogP contribution in [0.4, 0.5) is 20.7 Å². The van der Waals surface area contributed by atoms with Gasteiger partial charge < -0.3 is 25.0 Å². The summed E-state index contributed by atoms with van der Waals surface area (Å²) in [5, 5.41) is 15.3. The predicted molar refractivity (Wildman–Crippen MR) is 123 cm³/mol. The molecule has 3 heterocycles. The number of fused-ring (bicyclic) bond motifs is 2. The van der Waals surface area contributed by atoms with Gasteiger partial charge in [-0.1, -0.05) is 0 Å². The van der Waals surface area contributed by atoms with Crippen molar-refractivity contribution in [3.63, 3.8) is 0 Å². The molecule has 2 N–H and O–H groups in total. The van der Waals surface area contributed by atoms with Crippen LogP contribution in [0.5, 0.6) is 5.88 Å². The summed E-state index contributed by atoms with van der Waals surface area (Å²) in [6, 6.07) is 6.12. The summed E-state index contributed by atoms with van der Waals surface area (Å²) in [5.41, 5.74) is 0.544. The SMILES string of the molecule is Cc1c(Nc2ccc(C#N)cc2F)ncnc1OC1C2CNCC1CN(C(=O)OC(C)(C)C)C2. The van der Waals surface area contributed by atoms with E-state index in [1.54, 1.807) is 4.90 Å². The first-order valence-electron chi connectivity index (χ1n) is 11.3. The fourth-order valence-electron chi connectivity index (χ4n) is 4.34. The van der Waals surface area contributed by atoms with E-state index in [0.29, 0.717) is 43.4 Å². The Hall–Kier alpha value is -3.45. The Labute approximate surface area is 198 Å². The maximum Gasteiger partial charge on any atom is 0.410 e. The average Bonchev–Trinajstić information content (AvgIpc) is 2.76. The van der Waals surface area contributed by atoms with E-state index in [9.17, 15) is 9.18 Å². The zero-order chi connectivity index (χ0) is 24.5. The molecule has 9 nitrogen and oxygen atoms in total. The lowest BCUT2D eigenvalue weighted by molar-refractivity contribution is -0.0397. The Kier molecular flexibility index (Phi) is 6.57. The van der Waals surface area contributed by atoms with Gasteiger partial charge >= 0.3 is 6.09 Å². The lowest BCUT2D eigenvalue weighted by Gasteiger charge is -2.46. The van der Waals surface area contributed by atoms with Crippen LogP contribution in [0.15, 0.2) is 24.5 Å². The third kappa shape index (κ3) is 5.20. The summed E-state index contributed by atoms with van der Waals surface area (Å²) in [4.78, 5) is 22.9. The molecule has 4 rings (SSSR count). The van der Waals surface area contributed by atoms with Gasteiger partial charge in [0.2, 0.25) is 5.88 Å². The first-order chi connectivity index (χ1) is 16.1. The highest BCUT2D eigenvalue weighted by Crippen LogP contribution is 2.33. The minimum Gasteiger partial charge on any atom is -0.473 e. The summed E-state index contributed by atoms with van der Waals surface area (Å²) in [5.74, 6) is 0.431. The average molecular weight is 469 g/mol. The quantitative estimate of drug-likeness (QED) is 0.702. The van der Waals surface area contributed by atoms with Crippen LogP contribution in [0.1, 0.15) is 31.9 Å². The fourth-order valence-corrected chi connectivity index (χ4v) is 4.34. The molecule has 0 spiro atoms. The van der Waals surface area contributed by atoms with Crippen molar-refractivity contribution >= 4 is 17.6 Å². The summed E-state index contributed by atoms with van der Waals surface area (Å²) < 4.78 is 26.3. The second-order valence-electron chi connectivity index (χ2n) is 9.73. The molecule has 10 heteroatoms. The van der Waals surface area contributed by atoms with Gasteiger partial charge in [-0.25, -0.2) is 19.2 Å². The minimum atomic E-state index is -0.548. The first kappa shape index (κ1) is 23.7. The highest BCUT2D eigenvalue weighted by Gasteiger charge is 2.44. The molecule has 0 aliphatic carbocycles. The number of hydrogen-bond acceptors (Lipinski definition) is 8. The summed E-state index contributed by atoms with van der Waals surface area (Å²) in [6.45, 7) is 9.86. The number of likely N-dealkylation sites (tertiary alicyclic amines) is 1. The standard InChI is InChI=1S/C24H29FN6O3/c1-14-21(30-19-6-5-15(8-26)7-18(19)25)28-13-29-22(14)33-20-16-9-27-10-17(20)12-31(11-16)23(32)34-24(2,3)4/h5-7,13,16-17,20,27H,9-12H2,1-4H3,(H,28,29,30). The fraction of sp³-hybridized carbons (Fsp3) is 0.500. The number of hydrogen-bond donors (Lipinski definition) is 2. The molecule has 1 aromatic carbocycles. The Morgan fingerprint density at radius 1 is 1.26 bits per heavy atom. The number of piperidine rings is 2. The normalized spacial score (nSPS) is 22.0. The van der Waals surface area contributed by atoms with Crippen molar-refractivity contribution in [2.75, 3.05) is 31.5 Å². The molecule has 2 unspecified atom stereocenters. The van der Waals surface area contributed by atoms with Crippen LogP contribution in [-0.4, -0.2) is 58.8 Å². The van der Waals surface area contributed by atoms with Gasteiger partial charge in [-0.3, -0.25) is 0 Å². The predicted octanol–water partition coefficient (Wildman–Crippen LogP) is 3.37. The Bertz CT molecular complexity index is 1100. The second-order valence-corrected chi connectivity index (χ2v) is 9.73. The molecular weight excluding hydrogens is 439 g/mol. The number of benzene rings is 1. The third-order valence-electron chi connectivity index (χ3n) is 5.94. The minimum absolute atomic E-state index is 0.0711. The van der Waals surface area contributed by atoms with Crippen LogP contribution >= 0.6 is 0 Å². The van der Waals surface area contributed by atoms with E-state index in [0.717, 1.165) is 0 Å². The van der Waals surface area contributed by atoms with Gasteiger partial charge in [0, 0.05) is 38.0 Å². The topological polar surface area (TPSA) is 112 Å². The van der Waals surface area contributed by atoms with Gasteiger partial charge in [0.15, 0.2) is 0 Å². The molecule has 2 fully saturated rings. The maximum absolute atomic E-state index is 14.4. The molecule has 2 atom stereocenters. The van der Waals surface area contributed by atoms with Gasteiger partial charge in [-0.15, -0.1) is 0 Å². The van der Waals surface area contributed by atoms with Crippen LogP contribution < -0.4 is 15.4 Å². The first-order valence-corrected chi connectivity index (χ1v) is 11.3. The number of carbonyl (C=O) groups excluding carboxylic acids is 1. The van der Waals surface area contributed by atoms with Crippen molar-refractivity contribution in [3.05, 3.63) is 41.5 Å². The number of anilines is 2. The molecule has 180 valence electrons. The summed E-state index contributed by atoms with van der Waals surface area (Å²) >= 11 is 0. The number of carbonyl (C=O) groups is 1. The molecular formula is C24H29FN6O3. The van der Waals surface area contributed by atoms with Gasteiger partial charge in [-0.05, 0) is 45.9 Å². The van der Waals surface area contributed by atoms with Crippen molar-refractivity contribution in [3.8, 4) is 11.9 Å². The van der Waals surface area contributed by atoms with Gasteiger partial charge in [-0.2, -0.15) is 5.26 Å². The smallest absolute Gasteiger partial charge is 0.410 e. The number of aromatic nitrogens is 2. The van der Waals surface area contributed by atoms with Crippen molar-refractivity contribution in [2.45, 2.75) is 39.4 Å². The number of nitrogens with zero attached hydrogens (tertiary/aromatic N) is 4. The van der Waals surface area contributed by atoms with E-state index in [1.807, 2.05) is 33.8 Å². The number of nitrogens with one attached hydrogen (secondary N) is 2. The van der Waals surface area contributed by atoms with Crippen LogP contribution in [-0.2, 0) is 4.74 Å². The van der Waals surface area contributed by atoms with Crippen molar-refractivity contribution in [1.82, 2.24) is 20.2 Å². The Morgan fingerprint density at radius 3 is 2.59 bits per heavy atom. The number of nitriles is 1. The molecule has 34 heavy (non-hydrogen) atoms. The van der Waals surface area contributed by atoms with Crippen LogP contribution in [0, 0.1) is 35.9 Å². The van der Waals surface area contributed by atoms with Crippen molar-refractivity contribution in [1.29, 1.82) is 5.26 Å². The van der Waals surface area contributed by atoms with Gasteiger partial charge in [0.05, 0.1) is 22.9 Å². The number of ether oxygens (including phenoxy) is 2. The number of halogens is 1. The van der Waals surface area contributed by atoms with Gasteiger partial charge in [0.1, 0.15) is 29.7 Å². The largest absolute Gasteiger partial charge is 0.473 e. The molecule has 0 radical (unpaired) electrons. The highest BCUT2D eigenvalue weighted by atomic mass is 19.1. The van der Waals surface area contributed by atoms with Crippen LogP contribution in [0.3, 0.4) is 0 Å². The van der Waals surface area contributed by atoms with E-state index in [1.165, 1.54) is 24.5 Å². The number of rotatable bonds is 4. The van der Waals surface area contributed by atoms with Crippen LogP contribution in [0.2, 0.25) is 0 Å². The Morgan fingerprint density at radius 2 is 1.97 bits per heavy atom. The van der Waals surface area contributed by atoms with Gasteiger partial charge in [0.25, 0.3) is 0 Å². The molecule has 2 aliphatic heterocycles. The molecule has 1 aromatic heterocycles. The summed E-state index contributed by atoms with van der Waals surface area (Å²) in [6.07, 6.45) is 0.931. The Balaban J connectivity index is 1.49. The maximum atomic E-state index is 14.4. The van der Waals surface area contributed by atoms with E-state index in [-0.39, 0.29) is 35.3 Å². The molecule has 2 saturated heterocycles. The zero-order valence-electron chi connectivity index (χ0n) is 19.8. The van der Waals surface area contributed by atoms with E-state index >= 15 is 0 Å². The lowest BCUT2D eigenvalue weighted by Crippen LogP contribution is -2.62. The van der Waals surface area contributed by atoms with E-state index in [4.69, 9.17) is 14.7 Å². The van der Waals surface area contributed by atoms with E-state index < -0.39 is 11.4 Å². The molecule has 2 bridgehead atoms. The molecule has 2 aliphatic rings. The third-order valence-corrected chi connectivity index (χ3v) is 5.94. The zero-order valence-corrected chi connectivity index (χ0v) is 19.8. The summed E-state index contributed by atoms with van der Waals surface area (Å²) in [7, 11) is 0. The monoisotopic (exact) mass is 468 g/mol. The molecule has 0 saturated carbocycles. The second kappa shape index (κ2) is 9.43. The molecule has 1 amide bonds. The van der Waals surface area contributed by atoms with Crippen molar-refractivity contribution in [2.24, 2.45) is 11.8 Å². The number of amides is 1. The van der Waals surface area contributed by atoms with Crippen LogP contribution in [0.25, 0.3) is 0 Å². The van der Waals surface area contributed by atoms with Crippen molar-refractivity contribution < 1.29 is 18.7 Å². The highest BCUT2D eigenvalue weighted by molar-refractivity contribution is 5.68. The lowest BCUT2D eigenvalue weighted by atomic mass is 9.82.